The van der Waals surface area contributed by atoms with Crippen molar-refractivity contribution in [1.29, 1.82) is 0 Å². The second kappa shape index (κ2) is 9.12. The van der Waals surface area contributed by atoms with E-state index >= 15 is 0 Å². The van der Waals surface area contributed by atoms with E-state index in [1.54, 1.807) is 41.9 Å². The molecule has 0 unspecified atom stereocenters. The predicted octanol–water partition coefficient (Wildman–Crippen LogP) is 4.54. The van der Waals surface area contributed by atoms with Crippen LogP contribution in [0.3, 0.4) is 0 Å². The zero-order chi connectivity index (χ0) is 22.7. The van der Waals surface area contributed by atoms with Gasteiger partial charge in [-0.25, -0.2) is 4.98 Å². The van der Waals surface area contributed by atoms with Crippen LogP contribution in [-0.2, 0) is 11.3 Å². The number of amides is 3. The van der Waals surface area contributed by atoms with E-state index in [2.05, 4.69) is 10.3 Å². The lowest BCUT2D eigenvalue weighted by Crippen LogP contribution is -2.27. The number of imide groups is 1. The normalized spacial score (nSPS) is 14.8. The van der Waals surface area contributed by atoms with Crippen molar-refractivity contribution in [1.82, 2.24) is 9.88 Å². The summed E-state index contributed by atoms with van der Waals surface area (Å²) in [5.74, 6) is -0.783. The number of nitro groups is 1. The molecule has 2 aromatic carbocycles. The molecule has 1 saturated heterocycles. The Morgan fingerprint density at radius 3 is 2.66 bits per heavy atom. The maximum absolute atomic E-state index is 12.7. The van der Waals surface area contributed by atoms with Gasteiger partial charge in [0.15, 0.2) is 5.13 Å². The Kier molecular flexibility index (Phi) is 6.10. The molecule has 0 atom stereocenters. The summed E-state index contributed by atoms with van der Waals surface area (Å²) in [6, 6.07) is 12.4. The molecule has 1 N–H and O–H groups in total. The van der Waals surface area contributed by atoms with Gasteiger partial charge in [0.25, 0.3) is 22.7 Å². The van der Waals surface area contributed by atoms with Crippen molar-refractivity contribution in [3.8, 4) is 0 Å². The zero-order valence-corrected chi connectivity index (χ0v) is 17.9. The summed E-state index contributed by atoms with van der Waals surface area (Å²) in [4.78, 5) is 53.0. The molecule has 0 spiro atoms. The largest absolute Gasteiger partial charge is 0.298 e. The van der Waals surface area contributed by atoms with Gasteiger partial charge in [-0.05, 0) is 41.1 Å². The number of nitrogens with zero attached hydrogens (tertiary/aromatic N) is 3. The highest BCUT2D eigenvalue weighted by Crippen LogP contribution is 2.33. The third kappa shape index (κ3) is 4.74. The number of thiazole rings is 1. The fourth-order valence-electron chi connectivity index (χ4n) is 2.91. The molecule has 11 heteroatoms. The van der Waals surface area contributed by atoms with E-state index in [0.717, 1.165) is 16.7 Å². The first-order chi connectivity index (χ1) is 15.4. The third-order valence-corrected chi connectivity index (χ3v) is 6.06. The number of thioether (sulfide) groups is 1. The van der Waals surface area contributed by atoms with Crippen molar-refractivity contribution in [3.63, 3.8) is 0 Å². The summed E-state index contributed by atoms with van der Waals surface area (Å²) in [5.41, 5.74) is 1.45. The van der Waals surface area contributed by atoms with Crippen LogP contribution in [0.4, 0.5) is 15.6 Å². The van der Waals surface area contributed by atoms with E-state index in [1.807, 2.05) is 0 Å². The van der Waals surface area contributed by atoms with Crippen molar-refractivity contribution in [2.24, 2.45) is 0 Å². The summed E-state index contributed by atoms with van der Waals surface area (Å²) in [6.07, 6.45) is 3.05. The van der Waals surface area contributed by atoms with Gasteiger partial charge in [-0.15, -0.1) is 11.3 Å². The monoisotopic (exact) mass is 466 g/mol. The summed E-state index contributed by atoms with van der Waals surface area (Å²) in [5, 5.41) is 15.4. The highest BCUT2D eigenvalue weighted by molar-refractivity contribution is 8.18. The van der Waals surface area contributed by atoms with Gasteiger partial charge in [0.2, 0.25) is 0 Å². The van der Waals surface area contributed by atoms with Crippen molar-refractivity contribution in [2.45, 2.75) is 6.54 Å². The van der Waals surface area contributed by atoms with Crippen LogP contribution in [0, 0.1) is 10.1 Å². The van der Waals surface area contributed by atoms with Gasteiger partial charge in [-0.3, -0.25) is 34.7 Å². The third-order valence-electron chi connectivity index (χ3n) is 4.46. The Bertz CT molecular complexity index is 1240. The quantitative estimate of drug-likeness (QED) is 0.321. The lowest BCUT2D eigenvalue weighted by atomic mass is 10.1. The molecular weight excluding hydrogens is 452 g/mol. The standard InChI is InChI=1S/C21H14N4O5S2/c26-18(23-20-22-8-9-31-20)15-6-4-13(5-7-15)12-24-19(27)17(32-21(24)28)11-14-2-1-3-16(10-14)25(29)30/h1-11H,12H2,(H,22,23,26)/b17-11-. The molecule has 1 aliphatic rings. The first-order valence-electron chi connectivity index (χ1n) is 9.20. The van der Waals surface area contributed by atoms with Gasteiger partial charge in [-0.1, -0.05) is 24.3 Å². The number of hydrogen-bond donors (Lipinski definition) is 1. The van der Waals surface area contributed by atoms with Crippen molar-refractivity contribution >= 4 is 57.0 Å². The second-order valence-electron chi connectivity index (χ2n) is 6.61. The van der Waals surface area contributed by atoms with Crippen molar-refractivity contribution in [2.75, 3.05) is 5.32 Å². The Morgan fingerprint density at radius 1 is 1.19 bits per heavy atom. The summed E-state index contributed by atoms with van der Waals surface area (Å²) >= 11 is 2.09. The molecule has 9 nitrogen and oxygen atoms in total. The molecule has 0 bridgehead atoms. The molecule has 1 fully saturated rings. The highest BCUT2D eigenvalue weighted by atomic mass is 32.2. The van der Waals surface area contributed by atoms with Crippen molar-refractivity contribution in [3.05, 3.63) is 91.8 Å². The van der Waals surface area contributed by atoms with Crippen LogP contribution in [0.5, 0.6) is 0 Å². The minimum Gasteiger partial charge on any atom is -0.298 e. The Balaban J connectivity index is 1.45. The van der Waals surface area contributed by atoms with Crippen LogP contribution >= 0.6 is 23.1 Å². The fourth-order valence-corrected chi connectivity index (χ4v) is 4.28. The van der Waals surface area contributed by atoms with E-state index in [9.17, 15) is 24.5 Å². The van der Waals surface area contributed by atoms with Gasteiger partial charge in [0.05, 0.1) is 16.4 Å². The summed E-state index contributed by atoms with van der Waals surface area (Å²) < 4.78 is 0. The van der Waals surface area contributed by atoms with Gasteiger partial charge in [0, 0.05) is 29.3 Å². The number of hydrogen-bond acceptors (Lipinski definition) is 8. The minimum absolute atomic E-state index is 0.0469. The number of carbonyl (C=O) groups excluding carboxylic acids is 3. The lowest BCUT2D eigenvalue weighted by molar-refractivity contribution is -0.384. The Labute approximate surface area is 189 Å². The molecule has 3 aromatic rings. The Hall–Kier alpha value is -3.83. The van der Waals surface area contributed by atoms with E-state index in [4.69, 9.17) is 0 Å². The second-order valence-corrected chi connectivity index (χ2v) is 8.50. The van der Waals surface area contributed by atoms with Gasteiger partial charge >= 0.3 is 0 Å². The van der Waals surface area contributed by atoms with E-state index in [-0.39, 0.29) is 23.0 Å². The van der Waals surface area contributed by atoms with Crippen LogP contribution in [-0.4, -0.2) is 31.9 Å². The van der Waals surface area contributed by atoms with Gasteiger partial charge < -0.3 is 0 Å². The predicted molar refractivity (Wildman–Crippen MR) is 121 cm³/mol. The maximum atomic E-state index is 12.7. The van der Waals surface area contributed by atoms with Gasteiger partial charge in [-0.2, -0.15) is 0 Å². The topological polar surface area (TPSA) is 123 Å². The molecular formula is C21H14N4O5S2. The van der Waals surface area contributed by atoms with E-state index in [0.29, 0.717) is 21.8 Å². The highest BCUT2D eigenvalue weighted by Gasteiger charge is 2.35. The smallest absolute Gasteiger partial charge is 0.293 e. The molecule has 4 rings (SSSR count). The summed E-state index contributed by atoms with van der Waals surface area (Å²) in [7, 11) is 0. The number of benzene rings is 2. The lowest BCUT2D eigenvalue weighted by Gasteiger charge is -2.12. The fraction of sp³-hybridized carbons (Fsp3) is 0.0476. The number of nitro benzene ring substituents is 1. The molecule has 1 aromatic heterocycles. The number of aromatic nitrogens is 1. The van der Waals surface area contributed by atoms with Gasteiger partial charge in [0.1, 0.15) is 0 Å². The molecule has 3 amide bonds. The molecule has 2 heterocycles. The number of non-ortho nitro benzene ring substituents is 1. The molecule has 0 radical (unpaired) electrons. The number of carbonyl (C=O) groups is 3. The van der Waals surface area contributed by atoms with Crippen LogP contribution < -0.4 is 5.32 Å². The molecule has 160 valence electrons. The van der Waals surface area contributed by atoms with Crippen LogP contribution in [0.1, 0.15) is 21.5 Å². The molecule has 0 aliphatic carbocycles. The van der Waals surface area contributed by atoms with Crippen LogP contribution in [0.2, 0.25) is 0 Å². The average molecular weight is 467 g/mol. The molecule has 1 aliphatic heterocycles. The van der Waals surface area contributed by atoms with E-state index in [1.165, 1.54) is 35.6 Å². The van der Waals surface area contributed by atoms with E-state index < -0.39 is 16.1 Å². The number of rotatable bonds is 6. The summed E-state index contributed by atoms with van der Waals surface area (Å²) in [6.45, 7) is 0.0469. The first-order valence-corrected chi connectivity index (χ1v) is 10.9. The van der Waals surface area contributed by atoms with Crippen molar-refractivity contribution < 1.29 is 19.3 Å². The van der Waals surface area contributed by atoms with Crippen LogP contribution in [0.25, 0.3) is 6.08 Å². The number of nitrogens with one attached hydrogen (secondary N) is 1. The molecule has 32 heavy (non-hydrogen) atoms. The first kappa shape index (κ1) is 21.4. The van der Waals surface area contributed by atoms with Crippen LogP contribution in [0.15, 0.2) is 65.0 Å². The Morgan fingerprint density at radius 2 is 1.97 bits per heavy atom. The SMILES string of the molecule is O=C(Nc1nccs1)c1ccc(CN2C(=O)S/C(=C\c3cccc([N+](=O)[O-])c3)C2=O)cc1. The minimum atomic E-state index is -0.524. The maximum Gasteiger partial charge on any atom is 0.293 e. The zero-order valence-electron chi connectivity index (χ0n) is 16.3. The molecule has 0 saturated carbocycles. The average Bonchev–Trinajstić information content (AvgIpc) is 3.38. The number of anilines is 1.